The summed E-state index contributed by atoms with van der Waals surface area (Å²) in [5.41, 5.74) is 0. The number of carbonyl (C=O) groups is 1. The highest BCUT2D eigenvalue weighted by Gasteiger charge is 1.96. The predicted octanol–water partition coefficient (Wildman–Crippen LogP) is 1.23. The minimum atomic E-state index is -0.175. The Morgan fingerprint density at radius 1 is 1.53 bits per heavy atom. The molecule has 80 valence electrons. The summed E-state index contributed by atoms with van der Waals surface area (Å²) in [6.07, 6.45) is 7.23. The van der Waals surface area contributed by atoms with E-state index in [4.69, 9.17) is 0 Å². The molecule has 1 aromatic rings. The number of hydrogen-bond acceptors (Lipinski definition) is 3. The van der Waals surface area contributed by atoms with E-state index < -0.39 is 0 Å². The molecule has 0 bridgehead atoms. The Kier molecular flexibility index (Phi) is 5.02. The molecule has 0 fully saturated rings. The molecule has 0 spiro atoms. The molecule has 4 nitrogen and oxygen atoms in total. The Morgan fingerprint density at radius 2 is 2.40 bits per heavy atom. The highest BCUT2D eigenvalue weighted by molar-refractivity contribution is 5.69. The van der Waals surface area contributed by atoms with Crippen LogP contribution in [0, 0.1) is 11.8 Å². The van der Waals surface area contributed by atoms with Gasteiger partial charge < -0.3 is 9.30 Å². The average molecular weight is 206 g/mol. The lowest BCUT2D eigenvalue weighted by molar-refractivity contribution is -0.140. The van der Waals surface area contributed by atoms with Gasteiger partial charge in [-0.25, -0.2) is 4.98 Å². The highest BCUT2D eigenvalue weighted by Crippen LogP contribution is 1.95. The summed E-state index contributed by atoms with van der Waals surface area (Å²) in [5.74, 6) is 5.82. The zero-order valence-corrected chi connectivity index (χ0v) is 8.77. The second-order valence-corrected chi connectivity index (χ2v) is 3.02. The topological polar surface area (TPSA) is 44.1 Å². The second-order valence-electron chi connectivity index (χ2n) is 3.02. The normalized spacial score (nSPS) is 9.13. The summed E-state index contributed by atoms with van der Waals surface area (Å²) in [6, 6.07) is 0. The lowest BCUT2D eigenvalue weighted by Gasteiger charge is -1.94. The molecule has 1 heterocycles. The first-order valence-corrected chi connectivity index (χ1v) is 4.81. The Labute approximate surface area is 89.3 Å². The van der Waals surface area contributed by atoms with Crippen LogP contribution in [0.1, 0.15) is 19.3 Å². The largest absolute Gasteiger partial charge is 0.469 e. The van der Waals surface area contributed by atoms with E-state index in [0.717, 1.165) is 12.8 Å². The minimum Gasteiger partial charge on any atom is -0.469 e. The van der Waals surface area contributed by atoms with Gasteiger partial charge in [0.05, 0.1) is 20.0 Å². The SMILES string of the molecule is COC(=O)CCCC#CCn1ccnc1. The first-order valence-electron chi connectivity index (χ1n) is 4.81. The number of nitrogens with zero attached hydrogens (tertiary/aromatic N) is 2. The molecule has 0 aliphatic rings. The van der Waals surface area contributed by atoms with Gasteiger partial charge in [-0.15, -0.1) is 5.92 Å². The van der Waals surface area contributed by atoms with Gasteiger partial charge in [0.15, 0.2) is 0 Å². The third-order valence-electron chi connectivity index (χ3n) is 1.86. The van der Waals surface area contributed by atoms with Crippen molar-refractivity contribution >= 4 is 5.97 Å². The van der Waals surface area contributed by atoms with E-state index in [9.17, 15) is 4.79 Å². The number of ether oxygens (including phenoxy) is 1. The van der Waals surface area contributed by atoms with Crippen LogP contribution in [0.25, 0.3) is 0 Å². The third-order valence-corrected chi connectivity index (χ3v) is 1.86. The summed E-state index contributed by atoms with van der Waals surface area (Å²) in [5, 5.41) is 0. The first kappa shape index (κ1) is 11.3. The van der Waals surface area contributed by atoms with E-state index in [1.165, 1.54) is 7.11 Å². The first-order chi connectivity index (χ1) is 7.33. The number of esters is 1. The molecule has 0 radical (unpaired) electrons. The van der Waals surface area contributed by atoms with Gasteiger partial charge in [0.25, 0.3) is 0 Å². The predicted molar refractivity (Wildman–Crippen MR) is 55.9 cm³/mol. The molecule has 4 heteroatoms. The molecule has 0 saturated carbocycles. The molecule has 1 aromatic heterocycles. The lowest BCUT2D eigenvalue weighted by atomic mass is 10.2. The van der Waals surface area contributed by atoms with Crippen molar-refractivity contribution in [1.29, 1.82) is 0 Å². The second kappa shape index (κ2) is 6.66. The molecule has 0 saturated heterocycles. The molecule has 0 atom stereocenters. The Balaban J connectivity index is 2.10. The third kappa shape index (κ3) is 4.87. The van der Waals surface area contributed by atoms with Gasteiger partial charge in [0, 0.05) is 25.2 Å². The number of methoxy groups -OCH3 is 1. The van der Waals surface area contributed by atoms with E-state index >= 15 is 0 Å². The van der Waals surface area contributed by atoms with E-state index in [1.54, 1.807) is 12.5 Å². The number of unbranched alkanes of at least 4 members (excludes halogenated alkanes) is 1. The van der Waals surface area contributed by atoms with Crippen LogP contribution in [0.5, 0.6) is 0 Å². The number of imidazole rings is 1. The van der Waals surface area contributed by atoms with Gasteiger partial charge in [0.1, 0.15) is 0 Å². The van der Waals surface area contributed by atoms with E-state index in [-0.39, 0.29) is 5.97 Å². The van der Waals surface area contributed by atoms with Crippen molar-refractivity contribution in [2.24, 2.45) is 0 Å². The van der Waals surface area contributed by atoms with Gasteiger partial charge in [-0.1, -0.05) is 5.92 Å². The van der Waals surface area contributed by atoms with Crippen LogP contribution in [-0.4, -0.2) is 22.6 Å². The number of carbonyl (C=O) groups excluding carboxylic acids is 1. The van der Waals surface area contributed by atoms with Gasteiger partial charge in [-0.2, -0.15) is 0 Å². The summed E-state index contributed by atoms with van der Waals surface area (Å²) >= 11 is 0. The molecule has 15 heavy (non-hydrogen) atoms. The molecular formula is C11H14N2O2. The van der Waals surface area contributed by atoms with Crippen molar-refractivity contribution < 1.29 is 9.53 Å². The minimum absolute atomic E-state index is 0.175. The van der Waals surface area contributed by atoms with Crippen molar-refractivity contribution in [3.8, 4) is 11.8 Å². The molecule has 0 unspecified atom stereocenters. The number of hydrogen-bond donors (Lipinski definition) is 0. The van der Waals surface area contributed by atoms with Crippen LogP contribution in [-0.2, 0) is 16.1 Å². The zero-order valence-electron chi connectivity index (χ0n) is 8.77. The maximum atomic E-state index is 10.7. The fraction of sp³-hybridized carbons (Fsp3) is 0.455. The van der Waals surface area contributed by atoms with Crippen molar-refractivity contribution in [3.05, 3.63) is 18.7 Å². The fourth-order valence-corrected chi connectivity index (χ4v) is 1.04. The molecule has 0 aliphatic carbocycles. The van der Waals surface area contributed by atoms with Crippen LogP contribution in [0.3, 0.4) is 0 Å². The average Bonchev–Trinajstić information content (AvgIpc) is 2.75. The molecular weight excluding hydrogens is 192 g/mol. The van der Waals surface area contributed by atoms with Crippen molar-refractivity contribution in [1.82, 2.24) is 9.55 Å². The number of aromatic nitrogens is 2. The van der Waals surface area contributed by atoms with E-state index in [2.05, 4.69) is 21.6 Å². The maximum Gasteiger partial charge on any atom is 0.305 e. The van der Waals surface area contributed by atoms with Crippen molar-refractivity contribution in [2.45, 2.75) is 25.8 Å². The Hall–Kier alpha value is -1.76. The van der Waals surface area contributed by atoms with E-state index in [1.807, 2.05) is 10.8 Å². The Morgan fingerprint density at radius 3 is 3.07 bits per heavy atom. The van der Waals surface area contributed by atoms with Crippen LogP contribution in [0.2, 0.25) is 0 Å². The quantitative estimate of drug-likeness (QED) is 0.423. The summed E-state index contributed by atoms with van der Waals surface area (Å²) in [6.45, 7) is 0.651. The van der Waals surface area contributed by atoms with Gasteiger partial charge in [0.2, 0.25) is 0 Å². The zero-order chi connectivity index (χ0) is 10.9. The standard InChI is InChI=1S/C11H14N2O2/c1-15-11(14)6-4-2-3-5-8-13-9-7-12-10-13/h7,9-10H,2,4,6,8H2,1H3. The van der Waals surface area contributed by atoms with Crippen molar-refractivity contribution in [2.75, 3.05) is 7.11 Å². The summed E-state index contributed by atoms with van der Waals surface area (Å²) in [7, 11) is 1.40. The van der Waals surface area contributed by atoms with Crippen molar-refractivity contribution in [3.63, 3.8) is 0 Å². The molecule has 1 rings (SSSR count). The number of rotatable bonds is 4. The lowest BCUT2D eigenvalue weighted by Crippen LogP contribution is -1.98. The monoisotopic (exact) mass is 206 g/mol. The van der Waals surface area contributed by atoms with Gasteiger partial charge in [-0.05, 0) is 6.42 Å². The molecule has 0 N–H and O–H groups in total. The Bertz CT molecular complexity index is 346. The van der Waals surface area contributed by atoms with Crippen LogP contribution in [0.15, 0.2) is 18.7 Å². The molecule has 0 aliphatic heterocycles. The molecule has 0 amide bonds. The highest BCUT2D eigenvalue weighted by atomic mass is 16.5. The van der Waals surface area contributed by atoms with Gasteiger partial charge in [-0.3, -0.25) is 4.79 Å². The fourth-order valence-electron chi connectivity index (χ4n) is 1.04. The van der Waals surface area contributed by atoms with Crippen LogP contribution < -0.4 is 0 Å². The van der Waals surface area contributed by atoms with E-state index in [0.29, 0.717) is 13.0 Å². The summed E-state index contributed by atoms with van der Waals surface area (Å²) < 4.78 is 6.41. The smallest absolute Gasteiger partial charge is 0.305 e. The van der Waals surface area contributed by atoms with Crippen LogP contribution >= 0.6 is 0 Å². The van der Waals surface area contributed by atoms with Crippen LogP contribution in [0.4, 0.5) is 0 Å². The molecule has 0 aromatic carbocycles. The summed E-state index contributed by atoms with van der Waals surface area (Å²) in [4.78, 5) is 14.7. The van der Waals surface area contributed by atoms with Gasteiger partial charge >= 0.3 is 5.97 Å². The maximum absolute atomic E-state index is 10.7.